The second-order valence-corrected chi connectivity index (χ2v) is 3.87. The van der Waals surface area contributed by atoms with E-state index in [2.05, 4.69) is 0 Å². The van der Waals surface area contributed by atoms with Gasteiger partial charge in [0.25, 0.3) is 0 Å². The minimum Gasteiger partial charge on any atom is -0.392 e. The molecule has 16 heavy (non-hydrogen) atoms. The van der Waals surface area contributed by atoms with Crippen molar-refractivity contribution in [3.63, 3.8) is 0 Å². The summed E-state index contributed by atoms with van der Waals surface area (Å²) in [6.45, 7) is 4.02. The Balaban J connectivity index is 0.000000318. The van der Waals surface area contributed by atoms with Gasteiger partial charge in [-0.1, -0.05) is 13.8 Å². The van der Waals surface area contributed by atoms with Gasteiger partial charge in [-0.2, -0.15) is 0 Å². The first-order valence-corrected chi connectivity index (χ1v) is 5.28. The summed E-state index contributed by atoms with van der Waals surface area (Å²) in [5, 5.41) is 9.49. The van der Waals surface area contributed by atoms with Gasteiger partial charge >= 0.3 is 17.1 Å². The van der Waals surface area contributed by atoms with Crippen LogP contribution in [0.4, 0.5) is 0 Å². The van der Waals surface area contributed by atoms with Crippen LogP contribution in [0.1, 0.15) is 13.8 Å². The Morgan fingerprint density at radius 1 is 0.812 bits per heavy atom. The third-order valence-corrected chi connectivity index (χ3v) is 2.22. The summed E-state index contributed by atoms with van der Waals surface area (Å²) < 4.78 is 0. The summed E-state index contributed by atoms with van der Waals surface area (Å²) in [7, 11) is 0. The van der Waals surface area contributed by atoms with Crippen LogP contribution in [0.5, 0.6) is 0 Å². The Bertz CT molecular complexity index is 141. The molecule has 2 fully saturated rings. The van der Waals surface area contributed by atoms with Crippen molar-refractivity contribution in [2.24, 2.45) is 5.92 Å². The van der Waals surface area contributed by atoms with Crippen molar-refractivity contribution < 1.29 is 22.2 Å². The summed E-state index contributed by atoms with van der Waals surface area (Å²) >= 11 is 0. The zero-order valence-electron chi connectivity index (χ0n) is 9.65. The molecule has 2 aliphatic rings. The van der Waals surface area contributed by atoms with Crippen LogP contribution >= 0.6 is 0 Å². The molecule has 1 N–H and O–H groups in total. The molecular formula is C14H18FeO+2. The quantitative estimate of drug-likeness (QED) is 0.754. The molecule has 2 saturated carbocycles. The van der Waals surface area contributed by atoms with Crippen LogP contribution < -0.4 is 0 Å². The smallest absolute Gasteiger partial charge is 0.392 e. The fourth-order valence-electron chi connectivity index (χ4n) is 1.29. The van der Waals surface area contributed by atoms with Gasteiger partial charge in [0.05, 0.1) is 6.10 Å². The first-order chi connectivity index (χ1) is 7.22. The van der Waals surface area contributed by atoms with Crippen LogP contribution in [0, 0.1) is 69.6 Å². The number of hydrogen-bond acceptors (Lipinski definition) is 1. The average molecular weight is 258 g/mol. The van der Waals surface area contributed by atoms with Crippen molar-refractivity contribution in [3.05, 3.63) is 63.7 Å². The molecule has 0 aromatic rings. The molecule has 86 valence electrons. The van der Waals surface area contributed by atoms with Crippen LogP contribution in [0.3, 0.4) is 0 Å². The van der Waals surface area contributed by atoms with Gasteiger partial charge in [0.1, 0.15) is 0 Å². The van der Waals surface area contributed by atoms with Crippen molar-refractivity contribution in [2.45, 2.75) is 20.0 Å². The van der Waals surface area contributed by atoms with Crippen LogP contribution in [0.25, 0.3) is 0 Å². The first kappa shape index (κ1) is 16.5. The van der Waals surface area contributed by atoms with E-state index in [4.69, 9.17) is 0 Å². The Hall–Kier alpha value is 0.479. The van der Waals surface area contributed by atoms with Gasteiger partial charge in [0.15, 0.2) is 0 Å². The second-order valence-electron chi connectivity index (χ2n) is 3.87. The van der Waals surface area contributed by atoms with Crippen molar-refractivity contribution >= 4 is 0 Å². The van der Waals surface area contributed by atoms with E-state index in [1.807, 2.05) is 71.6 Å². The number of aliphatic hydroxyl groups excluding tert-OH is 1. The minimum absolute atomic E-state index is 0. The fourth-order valence-corrected chi connectivity index (χ4v) is 1.29. The molecule has 1 nitrogen and oxygen atoms in total. The normalized spacial score (nSPS) is 22.5. The van der Waals surface area contributed by atoms with Gasteiger partial charge in [0.2, 0.25) is 0 Å². The summed E-state index contributed by atoms with van der Waals surface area (Å²) in [5.41, 5.74) is 0. The molecule has 2 aliphatic carbocycles. The maximum atomic E-state index is 9.49. The zero-order chi connectivity index (χ0) is 11.1. The second kappa shape index (κ2) is 9.50. The van der Waals surface area contributed by atoms with Crippen molar-refractivity contribution in [2.75, 3.05) is 0 Å². The van der Waals surface area contributed by atoms with E-state index in [0.717, 1.165) is 5.92 Å². The molecule has 0 heterocycles. The average Bonchev–Trinajstić information content (AvgIpc) is 2.92. The molecule has 0 amide bonds. The molecule has 0 bridgehead atoms. The van der Waals surface area contributed by atoms with Crippen LogP contribution in [-0.4, -0.2) is 11.2 Å². The van der Waals surface area contributed by atoms with E-state index in [-0.39, 0.29) is 23.2 Å². The molecular weight excluding hydrogens is 240 g/mol. The van der Waals surface area contributed by atoms with Gasteiger partial charge in [0, 0.05) is 5.92 Å². The molecule has 10 radical (unpaired) electrons. The predicted molar refractivity (Wildman–Crippen MR) is 62.8 cm³/mol. The maximum absolute atomic E-state index is 9.49. The van der Waals surface area contributed by atoms with E-state index in [1.54, 1.807) is 0 Å². The SMILES string of the molecule is CC(C)C(O)[C]1[CH][CH][CH][CH]1.[CH]1[CH][CH][CH][CH]1.[Fe+2]. The standard InChI is InChI=1S/C9H13O.C5H5.Fe/c1-7(2)9(10)8-5-3-4-6-8;1-2-4-5-3-1;/h3-7,9-10H,1-2H3;1-5H;/q;;+2. The number of rotatable bonds is 2. The fraction of sp³-hybridized carbons (Fsp3) is 0.286. The van der Waals surface area contributed by atoms with Crippen LogP contribution in [-0.2, 0) is 17.1 Å². The predicted octanol–water partition coefficient (Wildman–Crippen LogP) is 2.43. The molecule has 1 unspecified atom stereocenters. The third kappa shape index (κ3) is 6.27. The Kier molecular flexibility index (Phi) is 9.79. The van der Waals surface area contributed by atoms with Gasteiger partial charge < -0.3 is 5.11 Å². The molecule has 2 heteroatoms. The molecule has 2 rings (SSSR count). The molecule has 0 aromatic carbocycles. The minimum atomic E-state index is -0.296. The number of hydrogen-bond donors (Lipinski definition) is 1. The van der Waals surface area contributed by atoms with Crippen LogP contribution in [0.15, 0.2) is 0 Å². The summed E-state index contributed by atoms with van der Waals surface area (Å²) in [6.07, 6.45) is 17.5. The largest absolute Gasteiger partial charge is 2.00 e. The van der Waals surface area contributed by atoms with Gasteiger partial charge in [-0.25, -0.2) is 0 Å². The topological polar surface area (TPSA) is 20.2 Å². The van der Waals surface area contributed by atoms with Gasteiger partial charge in [-0.15, -0.1) is 0 Å². The van der Waals surface area contributed by atoms with E-state index < -0.39 is 0 Å². The first-order valence-electron chi connectivity index (χ1n) is 5.28. The van der Waals surface area contributed by atoms with E-state index in [1.165, 1.54) is 0 Å². The van der Waals surface area contributed by atoms with Gasteiger partial charge in [-0.05, 0) is 63.7 Å². The monoisotopic (exact) mass is 258 g/mol. The molecule has 1 atom stereocenters. The zero-order valence-corrected chi connectivity index (χ0v) is 10.8. The van der Waals surface area contributed by atoms with E-state index >= 15 is 0 Å². The van der Waals surface area contributed by atoms with Crippen molar-refractivity contribution in [1.82, 2.24) is 0 Å². The Morgan fingerprint density at radius 2 is 1.19 bits per heavy atom. The van der Waals surface area contributed by atoms with E-state index in [9.17, 15) is 5.11 Å². The van der Waals surface area contributed by atoms with Crippen LogP contribution in [0.2, 0.25) is 0 Å². The van der Waals surface area contributed by atoms with Crippen molar-refractivity contribution in [3.8, 4) is 0 Å². The third-order valence-electron chi connectivity index (χ3n) is 2.22. The summed E-state index contributed by atoms with van der Waals surface area (Å²) in [5.74, 6) is 1.33. The maximum Gasteiger partial charge on any atom is 2.00 e. The molecule has 0 spiro atoms. The van der Waals surface area contributed by atoms with Crippen molar-refractivity contribution in [1.29, 1.82) is 0 Å². The van der Waals surface area contributed by atoms with E-state index in [0.29, 0.717) is 5.92 Å². The molecule has 0 aliphatic heterocycles. The summed E-state index contributed by atoms with van der Waals surface area (Å²) in [6, 6.07) is 0. The summed E-state index contributed by atoms with van der Waals surface area (Å²) in [4.78, 5) is 0. The number of aliphatic hydroxyl groups is 1. The van der Waals surface area contributed by atoms with Gasteiger partial charge in [-0.3, -0.25) is 0 Å². The molecule has 0 saturated heterocycles. The Morgan fingerprint density at radius 3 is 1.50 bits per heavy atom. The Labute approximate surface area is 112 Å². The molecule has 0 aromatic heterocycles.